The molecule has 0 N–H and O–H groups in total. The van der Waals surface area contributed by atoms with E-state index in [1.165, 1.54) is 0 Å². The molecule has 0 atom stereocenters. The molecule has 0 saturated heterocycles. The van der Waals surface area contributed by atoms with Gasteiger partial charge in [-0.3, -0.25) is 0 Å². The minimum absolute atomic E-state index is 0.316. The Morgan fingerprint density at radius 1 is 1.19 bits per heavy atom. The fourth-order valence-electron chi connectivity index (χ4n) is 3.52. The number of aryl methyl sites for hydroxylation is 3. The third-order valence-corrected chi connectivity index (χ3v) is 5.41. The van der Waals surface area contributed by atoms with Crippen LogP contribution in [0.5, 0.6) is 5.75 Å². The first-order valence-electron chi connectivity index (χ1n) is 8.71. The van der Waals surface area contributed by atoms with Crippen molar-refractivity contribution >= 4 is 28.3 Å². The molecule has 26 heavy (non-hydrogen) atoms. The molecular weight excluding hydrogens is 350 g/mol. The van der Waals surface area contributed by atoms with Crippen LogP contribution in [0.4, 0.5) is 5.69 Å². The summed E-state index contributed by atoms with van der Waals surface area (Å²) < 4.78 is 11.5. The zero-order valence-corrected chi connectivity index (χ0v) is 15.8. The van der Waals surface area contributed by atoms with Crippen molar-refractivity contribution in [1.29, 1.82) is 0 Å². The van der Waals surface area contributed by atoms with Gasteiger partial charge in [0.25, 0.3) is 0 Å². The van der Waals surface area contributed by atoms with E-state index in [1.54, 1.807) is 6.07 Å². The smallest absolute Gasteiger partial charge is 0.336 e. The summed E-state index contributed by atoms with van der Waals surface area (Å²) in [5.74, 6) is 0.809. The molecule has 0 bridgehead atoms. The summed E-state index contributed by atoms with van der Waals surface area (Å²) in [5, 5.41) is 1.73. The van der Waals surface area contributed by atoms with Crippen LogP contribution in [-0.4, -0.2) is 6.73 Å². The van der Waals surface area contributed by atoms with Crippen LogP contribution in [0.1, 0.15) is 29.2 Å². The van der Waals surface area contributed by atoms with Crippen molar-refractivity contribution < 1.29 is 9.15 Å². The van der Waals surface area contributed by atoms with Gasteiger partial charge in [-0.1, -0.05) is 24.6 Å². The molecule has 0 fully saturated rings. The molecule has 0 radical (unpaired) electrons. The second-order valence-electron chi connectivity index (χ2n) is 6.72. The van der Waals surface area contributed by atoms with Crippen LogP contribution in [-0.2, 0) is 13.0 Å². The lowest BCUT2D eigenvalue weighted by Gasteiger charge is -2.32. The van der Waals surface area contributed by atoms with Crippen LogP contribution < -0.4 is 15.3 Å². The number of nitrogens with zero attached hydrogens (tertiary/aromatic N) is 1. The Hall–Kier alpha value is -2.46. The molecular formula is C21H20ClNO3. The van der Waals surface area contributed by atoms with Gasteiger partial charge in [-0.05, 0) is 49.6 Å². The highest BCUT2D eigenvalue weighted by molar-refractivity contribution is 6.31. The highest BCUT2D eigenvalue weighted by Crippen LogP contribution is 2.37. The number of ether oxygens (including phenoxy) is 1. The van der Waals surface area contributed by atoms with Crippen LogP contribution in [0.25, 0.3) is 11.0 Å². The molecule has 5 heteroatoms. The van der Waals surface area contributed by atoms with E-state index in [4.69, 9.17) is 20.8 Å². The van der Waals surface area contributed by atoms with E-state index in [2.05, 4.69) is 17.0 Å². The van der Waals surface area contributed by atoms with Crippen LogP contribution in [0, 0.1) is 13.8 Å². The molecule has 0 saturated carbocycles. The third kappa shape index (κ3) is 2.74. The highest BCUT2D eigenvalue weighted by atomic mass is 35.5. The predicted octanol–water partition coefficient (Wildman–Crippen LogP) is 4.98. The number of fused-ring (bicyclic) bond motifs is 2. The fourth-order valence-corrected chi connectivity index (χ4v) is 3.70. The maximum absolute atomic E-state index is 11.9. The van der Waals surface area contributed by atoms with Crippen LogP contribution in [0.3, 0.4) is 0 Å². The van der Waals surface area contributed by atoms with E-state index in [0.717, 1.165) is 50.5 Å². The van der Waals surface area contributed by atoms with Crippen LogP contribution >= 0.6 is 11.6 Å². The maximum Gasteiger partial charge on any atom is 0.336 e. The number of halogens is 1. The zero-order valence-electron chi connectivity index (χ0n) is 15.1. The summed E-state index contributed by atoms with van der Waals surface area (Å²) in [6.07, 6.45) is 0.776. The summed E-state index contributed by atoms with van der Waals surface area (Å²) >= 11 is 6.28. The van der Waals surface area contributed by atoms with Gasteiger partial charge in [0.05, 0.1) is 0 Å². The molecule has 1 aromatic heterocycles. The van der Waals surface area contributed by atoms with E-state index in [-0.39, 0.29) is 5.63 Å². The first-order chi connectivity index (χ1) is 12.5. The highest BCUT2D eigenvalue weighted by Gasteiger charge is 2.23. The Balaban J connectivity index is 1.81. The lowest BCUT2D eigenvalue weighted by atomic mass is 9.99. The number of hydrogen-bond donors (Lipinski definition) is 0. The summed E-state index contributed by atoms with van der Waals surface area (Å²) in [7, 11) is 0. The molecule has 4 nitrogen and oxygen atoms in total. The van der Waals surface area contributed by atoms with Crippen molar-refractivity contribution in [3.05, 3.63) is 68.0 Å². The topological polar surface area (TPSA) is 42.7 Å². The van der Waals surface area contributed by atoms with Gasteiger partial charge < -0.3 is 14.1 Å². The molecule has 1 aliphatic rings. The third-order valence-electron chi connectivity index (χ3n) is 5.00. The molecule has 134 valence electrons. The van der Waals surface area contributed by atoms with Crippen LogP contribution in [0.2, 0.25) is 5.02 Å². The van der Waals surface area contributed by atoms with Crippen molar-refractivity contribution in [2.75, 3.05) is 11.6 Å². The Labute approximate surface area is 156 Å². The largest absolute Gasteiger partial charge is 0.472 e. The van der Waals surface area contributed by atoms with Gasteiger partial charge in [-0.2, -0.15) is 0 Å². The average Bonchev–Trinajstić information content (AvgIpc) is 2.64. The number of rotatable bonds is 2. The summed E-state index contributed by atoms with van der Waals surface area (Å²) in [5.41, 5.74) is 5.35. The molecule has 2 heterocycles. The van der Waals surface area contributed by atoms with Crippen molar-refractivity contribution in [1.82, 2.24) is 0 Å². The quantitative estimate of drug-likeness (QED) is 0.597. The maximum atomic E-state index is 11.9. The van der Waals surface area contributed by atoms with Gasteiger partial charge in [-0.15, -0.1) is 0 Å². The van der Waals surface area contributed by atoms with E-state index >= 15 is 0 Å². The normalized spacial score (nSPS) is 13.6. The molecule has 3 aromatic rings. The van der Waals surface area contributed by atoms with Gasteiger partial charge in [0.1, 0.15) is 11.3 Å². The van der Waals surface area contributed by atoms with Gasteiger partial charge in [0.15, 0.2) is 6.73 Å². The molecule has 2 aromatic carbocycles. The molecule has 0 aliphatic carbocycles. The van der Waals surface area contributed by atoms with Crippen molar-refractivity contribution in [3.8, 4) is 5.75 Å². The predicted molar refractivity (Wildman–Crippen MR) is 104 cm³/mol. The lowest BCUT2D eigenvalue weighted by Crippen LogP contribution is -2.32. The lowest BCUT2D eigenvalue weighted by molar-refractivity contribution is 0.287. The van der Waals surface area contributed by atoms with E-state index in [1.807, 2.05) is 32.9 Å². The van der Waals surface area contributed by atoms with E-state index in [9.17, 15) is 4.79 Å². The second-order valence-corrected chi connectivity index (χ2v) is 7.12. The van der Waals surface area contributed by atoms with Crippen molar-refractivity contribution in [2.45, 2.75) is 33.7 Å². The monoisotopic (exact) mass is 369 g/mol. The summed E-state index contributed by atoms with van der Waals surface area (Å²) in [6, 6.07) is 9.70. The number of benzene rings is 2. The number of anilines is 1. The van der Waals surface area contributed by atoms with E-state index in [0.29, 0.717) is 18.9 Å². The fraction of sp³-hybridized carbons (Fsp3) is 0.286. The Morgan fingerprint density at radius 2 is 2.00 bits per heavy atom. The van der Waals surface area contributed by atoms with Crippen LogP contribution in [0.15, 0.2) is 39.5 Å². The van der Waals surface area contributed by atoms with Crippen molar-refractivity contribution in [3.63, 3.8) is 0 Å². The minimum atomic E-state index is -0.316. The molecule has 0 amide bonds. The summed E-state index contributed by atoms with van der Waals surface area (Å²) in [6.45, 7) is 7.12. The molecule has 1 aliphatic heterocycles. The SMILES string of the molecule is CCc1cc(=O)oc2c(C)c3c(cc12)CN(c1ccc(C)c(Cl)c1)CO3. The molecule has 0 spiro atoms. The second kappa shape index (κ2) is 6.36. The summed E-state index contributed by atoms with van der Waals surface area (Å²) in [4.78, 5) is 14.0. The number of hydrogen-bond acceptors (Lipinski definition) is 4. The van der Waals surface area contributed by atoms with Gasteiger partial charge in [-0.25, -0.2) is 4.79 Å². The average molecular weight is 370 g/mol. The van der Waals surface area contributed by atoms with E-state index < -0.39 is 0 Å². The van der Waals surface area contributed by atoms with Gasteiger partial charge in [0, 0.05) is 39.8 Å². The van der Waals surface area contributed by atoms with Gasteiger partial charge >= 0.3 is 5.63 Å². The molecule has 0 unspecified atom stereocenters. The minimum Gasteiger partial charge on any atom is -0.472 e. The zero-order chi connectivity index (χ0) is 18.4. The van der Waals surface area contributed by atoms with Gasteiger partial charge in [0.2, 0.25) is 0 Å². The molecule has 4 rings (SSSR count). The standard InChI is InChI=1S/C21H20ClNO3/c1-4-14-8-19(24)26-21-13(3)20-15(7-17(14)21)10-23(11-25-20)16-6-5-12(2)18(22)9-16/h5-9H,4,10-11H2,1-3H3. The van der Waals surface area contributed by atoms with Crippen molar-refractivity contribution in [2.24, 2.45) is 0 Å². The first kappa shape index (κ1) is 17.0. The Kier molecular flexibility index (Phi) is 4.16. The Bertz CT molecular complexity index is 1070. The Morgan fingerprint density at radius 3 is 2.73 bits per heavy atom. The first-order valence-corrected chi connectivity index (χ1v) is 9.09.